The van der Waals surface area contributed by atoms with Crippen molar-refractivity contribution in [3.63, 3.8) is 0 Å². The molecule has 1 amide bonds. The Morgan fingerprint density at radius 2 is 2.29 bits per heavy atom. The highest BCUT2D eigenvalue weighted by Gasteiger charge is 2.39. The van der Waals surface area contributed by atoms with Crippen LogP contribution in [-0.2, 0) is 11.2 Å². The highest BCUT2D eigenvalue weighted by molar-refractivity contribution is 5.80. The van der Waals surface area contributed by atoms with E-state index in [9.17, 15) is 4.79 Å². The van der Waals surface area contributed by atoms with Crippen LogP contribution in [0.25, 0.3) is 11.0 Å². The first-order valence-electron chi connectivity index (χ1n) is 8.20. The molecule has 6 nitrogen and oxygen atoms in total. The van der Waals surface area contributed by atoms with Crippen molar-refractivity contribution in [2.45, 2.75) is 50.7 Å². The quantitative estimate of drug-likeness (QED) is 0.732. The molecular formula is C18H21N5O. The fraction of sp³-hybridized carbons (Fsp3) is 0.444. The topological polar surface area (TPSA) is 82.5 Å². The second kappa shape index (κ2) is 6.83. The van der Waals surface area contributed by atoms with Gasteiger partial charge in [-0.25, -0.2) is 4.98 Å². The Bertz CT molecular complexity index is 795. The van der Waals surface area contributed by atoms with E-state index in [1.54, 1.807) is 6.20 Å². The maximum absolute atomic E-state index is 12.1. The van der Waals surface area contributed by atoms with Crippen molar-refractivity contribution in [1.82, 2.24) is 15.3 Å². The van der Waals surface area contributed by atoms with Crippen LogP contribution in [-0.4, -0.2) is 27.6 Å². The largest absolute Gasteiger partial charge is 0.353 e. The fourth-order valence-electron chi connectivity index (χ4n) is 2.89. The molecule has 6 heteroatoms. The lowest BCUT2D eigenvalue weighted by atomic mass is 10.0. The third-order valence-corrected chi connectivity index (χ3v) is 4.28. The molecule has 0 aromatic carbocycles. The van der Waals surface area contributed by atoms with Gasteiger partial charge in [0.1, 0.15) is 5.65 Å². The highest BCUT2D eigenvalue weighted by Crippen LogP contribution is 2.37. The van der Waals surface area contributed by atoms with Gasteiger partial charge in [0.15, 0.2) is 5.66 Å². The Balaban J connectivity index is 1.47. The second-order valence-electron chi connectivity index (χ2n) is 6.27. The zero-order valence-corrected chi connectivity index (χ0v) is 13.7. The van der Waals surface area contributed by atoms with Crippen molar-refractivity contribution in [1.29, 1.82) is 0 Å². The number of hydrogen-bond donors (Lipinski definition) is 2. The monoisotopic (exact) mass is 323 g/mol. The Morgan fingerprint density at radius 1 is 1.46 bits per heavy atom. The van der Waals surface area contributed by atoms with Gasteiger partial charge in [-0.05, 0) is 31.0 Å². The number of carbonyl (C=O) groups excluding carboxylic acids is 1. The normalized spacial score (nSPS) is 15.8. The summed E-state index contributed by atoms with van der Waals surface area (Å²) in [5, 5.41) is 12.3. The third-order valence-electron chi connectivity index (χ3n) is 4.28. The summed E-state index contributed by atoms with van der Waals surface area (Å²) in [4.78, 5) is 19.6. The summed E-state index contributed by atoms with van der Waals surface area (Å²) in [5.74, 6) is 2.62. The molecule has 1 unspecified atom stereocenters. The zero-order chi connectivity index (χ0) is 17.0. The number of nitrogens with one attached hydrogen (secondary N) is 2. The molecule has 124 valence electrons. The molecule has 0 aliphatic carbocycles. The van der Waals surface area contributed by atoms with Gasteiger partial charge in [0.2, 0.25) is 5.91 Å². The molecule has 2 N–H and O–H groups in total. The number of terminal acetylenes is 1. The number of hydrogen-bond acceptors (Lipinski definition) is 4. The van der Waals surface area contributed by atoms with Crippen LogP contribution in [0.3, 0.4) is 0 Å². The molecule has 1 aliphatic rings. The van der Waals surface area contributed by atoms with E-state index in [4.69, 9.17) is 6.42 Å². The molecule has 3 rings (SSSR count). The van der Waals surface area contributed by atoms with E-state index >= 15 is 0 Å². The molecule has 0 fully saturated rings. The van der Waals surface area contributed by atoms with E-state index in [1.165, 1.54) is 0 Å². The van der Waals surface area contributed by atoms with Crippen LogP contribution in [0, 0.1) is 12.3 Å². The van der Waals surface area contributed by atoms with Crippen molar-refractivity contribution in [2.24, 2.45) is 10.2 Å². The molecule has 0 spiro atoms. The SMILES string of the molecule is C#CCCC1(CCC(=O)NC(C)Cc2c[nH]c3ncccc23)N=N1. The number of pyridine rings is 1. The molecule has 3 heterocycles. The highest BCUT2D eigenvalue weighted by atomic mass is 16.1. The summed E-state index contributed by atoms with van der Waals surface area (Å²) in [6.45, 7) is 2.01. The minimum absolute atomic E-state index is 0.0258. The van der Waals surface area contributed by atoms with E-state index in [0.29, 0.717) is 19.3 Å². The van der Waals surface area contributed by atoms with Crippen molar-refractivity contribution in [3.8, 4) is 12.3 Å². The Kier molecular flexibility index (Phi) is 4.61. The smallest absolute Gasteiger partial charge is 0.220 e. The average molecular weight is 323 g/mol. The van der Waals surface area contributed by atoms with Crippen LogP contribution < -0.4 is 5.32 Å². The summed E-state index contributed by atoms with van der Waals surface area (Å²) < 4.78 is 0. The van der Waals surface area contributed by atoms with E-state index in [2.05, 4.69) is 31.4 Å². The van der Waals surface area contributed by atoms with E-state index in [1.807, 2.05) is 25.3 Å². The third kappa shape index (κ3) is 3.80. The second-order valence-corrected chi connectivity index (χ2v) is 6.27. The van der Waals surface area contributed by atoms with Crippen LogP contribution in [0.2, 0.25) is 0 Å². The number of aromatic nitrogens is 2. The Labute approximate surface area is 141 Å². The minimum Gasteiger partial charge on any atom is -0.353 e. The summed E-state index contributed by atoms with van der Waals surface area (Å²) in [7, 11) is 0. The molecule has 2 aromatic rings. The molecule has 0 bridgehead atoms. The number of carbonyl (C=O) groups is 1. The molecule has 2 aromatic heterocycles. The summed E-state index contributed by atoms with van der Waals surface area (Å²) in [6, 6.07) is 4.00. The maximum Gasteiger partial charge on any atom is 0.220 e. The standard InChI is InChI=1S/C18H21N5O/c1-3-4-8-18(22-23-18)9-7-16(24)21-13(2)11-14-12-20-17-15(14)6-5-10-19-17/h1,5-6,10,12-13H,4,7-9,11H2,2H3,(H,19,20)(H,21,24). The number of fused-ring (bicyclic) bond motifs is 1. The zero-order valence-electron chi connectivity index (χ0n) is 13.7. The first-order valence-corrected chi connectivity index (χ1v) is 8.20. The summed E-state index contributed by atoms with van der Waals surface area (Å²) >= 11 is 0. The number of rotatable bonds is 8. The van der Waals surface area contributed by atoms with Crippen LogP contribution in [0.1, 0.15) is 38.2 Å². The predicted molar refractivity (Wildman–Crippen MR) is 92.3 cm³/mol. The number of aromatic amines is 1. The van der Waals surface area contributed by atoms with Crippen LogP contribution in [0.15, 0.2) is 34.8 Å². The average Bonchev–Trinajstić information content (AvgIpc) is 3.25. The lowest BCUT2D eigenvalue weighted by Gasteiger charge is -2.14. The first-order chi connectivity index (χ1) is 11.6. The fourth-order valence-corrected chi connectivity index (χ4v) is 2.89. The molecule has 0 saturated carbocycles. The van der Waals surface area contributed by atoms with Crippen molar-refractivity contribution in [2.75, 3.05) is 0 Å². The Hall–Kier alpha value is -2.68. The molecule has 1 atom stereocenters. The first kappa shape index (κ1) is 16.2. The van der Waals surface area contributed by atoms with Crippen molar-refractivity contribution >= 4 is 16.9 Å². The lowest BCUT2D eigenvalue weighted by molar-refractivity contribution is -0.121. The van der Waals surface area contributed by atoms with Crippen LogP contribution in [0.4, 0.5) is 0 Å². The molecule has 0 radical (unpaired) electrons. The van der Waals surface area contributed by atoms with Gasteiger partial charge in [-0.15, -0.1) is 12.3 Å². The number of nitrogens with zero attached hydrogens (tertiary/aromatic N) is 3. The van der Waals surface area contributed by atoms with Gasteiger partial charge in [0.25, 0.3) is 0 Å². The summed E-state index contributed by atoms with van der Waals surface area (Å²) in [5.41, 5.74) is 1.64. The molecule has 1 aliphatic heterocycles. The van der Waals surface area contributed by atoms with E-state index < -0.39 is 5.66 Å². The summed E-state index contributed by atoms with van der Waals surface area (Å²) in [6.07, 6.45) is 12.2. The van der Waals surface area contributed by atoms with E-state index in [-0.39, 0.29) is 11.9 Å². The van der Waals surface area contributed by atoms with Gasteiger partial charge in [-0.3, -0.25) is 4.79 Å². The predicted octanol–water partition coefficient (Wildman–Crippen LogP) is 2.97. The lowest BCUT2D eigenvalue weighted by Crippen LogP contribution is -2.34. The minimum atomic E-state index is -0.393. The van der Waals surface area contributed by atoms with Crippen molar-refractivity contribution in [3.05, 3.63) is 30.1 Å². The van der Waals surface area contributed by atoms with Gasteiger partial charge < -0.3 is 10.3 Å². The van der Waals surface area contributed by atoms with Gasteiger partial charge in [0.05, 0.1) is 0 Å². The number of H-pyrrole nitrogens is 1. The maximum atomic E-state index is 12.1. The molecular weight excluding hydrogens is 302 g/mol. The van der Waals surface area contributed by atoms with Gasteiger partial charge in [0, 0.05) is 49.5 Å². The Morgan fingerprint density at radius 3 is 3.04 bits per heavy atom. The van der Waals surface area contributed by atoms with Crippen LogP contribution in [0.5, 0.6) is 0 Å². The van der Waals surface area contributed by atoms with Crippen LogP contribution >= 0.6 is 0 Å². The number of amides is 1. The van der Waals surface area contributed by atoms with Gasteiger partial charge in [-0.2, -0.15) is 10.2 Å². The molecule has 24 heavy (non-hydrogen) atoms. The van der Waals surface area contributed by atoms with Gasteiger partial charge >= 0.3 is 0 Å². The molecule has 0 saturated heterocycles. The van der Waals surface area contributed by atoms with Crippen molar-refractivity contribution < 1.29 is 4.79 Å². The van der Waals surface area contributed by atoms with E-state index in [0.717, 1.165) is 29.4 Å². The van der Waals surface area contributed by atoms with Gasteiger partial charge in [-0.1, -0.05) is 0 Å².